The zero-order valence-electron chi connectivity index (χ0n) is 15.3. The molecule has 1 heterocycles. The molecule has 0 aromatic heterocycles. The molecular formula is C17H30IN5O2S. The zero-order chi connectivity index (χ0) is 18.1. The average Bonchev–Trinajstić information content (AvgIpc) is 3.06. The van der Waals surface area contributed by atoms with Crippen molar-refractivity contribution in [2.45, 2.75) is 32.9 Å². The molecule has 7 nitrogen and oxygen atoms in total. The topological polar surface area (TPSA) is 99.8 Å². The molecule has 0 amide bonds. The van der Waals surface area contributed by atoms with Crippen molar-refractivity contribution in [1.82, 2.24) is 15.5 Å². The lowest BCUT2D eigenvalue weighted by molar-refractivity contribution is 0.331. The second-order valence-corrected chi connectivity index (χ2v) is 8.02. The van der Waals surface area contributed by atoms with Gasteiger partial charge in [0.2, 0.25) is 10.0 Å². The fraction of sp³-hybridized carbons (Fsp3) is 0.588. The van der Waals surface area contributed by atoms with Crippen LogP contribution >= 0.6 is 24.0 Å². The first-order valence-corrected chi connectivity index (χ1v) is 10.5. The molecular weight excluding hydrogens is 465 g/mol. The number of aliphatic imine (C=N–C) groups is 1. The van der Waals surface area contributed by atoms with Gasteiger partial charge < -0.3 is 10.6 Å². The summed E-state index contributed by atoms with van der Waals surface area (Å²) in [4.78, 5) is 6.96. The standard InChI is InChI=1S/C17H29N5O2S.HI/c1-2-19-17(20-9-12-25(18,23)24)21-13-15-5-7-16(8-6-15)14-22-10-3-4-11-22;/h5-8H,2-4,9-14H2,1H3,(H2,18,23,24)(H2,19,20,21);1H. The summed E-state index contributed by atoms with van der Waals surface area (Å²) in [6, 6.07) is 8.51. The van der Waals surface area contributed by atoms with Gasteiger partial charge in [0.1, 0.15) is 0 Å². The van der Waals surface area contributed by atoms with Gasteiger partial charge in [0.15, 0.2) is 5.96 Å². The van der Waals surface area contributed by atoms with E-state index in [0.29, 0.717) is 19.0 Å². The molecule has 1 aliphatic rings. The van der Waals surface area contributed by atoms with Crippen molar-refractivity contribution in [1.29, 1.82) is 0 Å². The van der Waals surface area contributed by atoms with Gasteiger partial charge in [-0.2, -0.15) is 0 Å². The lowest BCUT2D eigenvalue weighted by Crippen LogP contribution is -2.40. The van der Waals surface area contributed by atoms with E-state index in [2.05, 4.69) is 44.8 Å². The Labute approximate surface area is 173 Å². The van der Waals surface area contributed by atoms with E-state index in [0.717, 1.165) is 12.1 Å². The second-order valence-electron chi connectivity index (χ2n) is 6.29. The van der Waals surface area contributed by atoms with E-state index in [1.165, 1.54) is 31.5 Å². The maximum Gasteiger partial charge on any atom is 0.210 e. The van der Waals surface area contributed by atoms with Gasteiger partial charge in [-0.25, -0.2) is 18.5 Å². The molecule has 0 unspecified atom stereocenters. The number of hydrogen-bond acceptors (Lipinski definition) is 4. The van der Waals surface area contributed by atoms with E-state index >= 15 is 0 Å². The number of halogens is 1. The van der Waals surface area contributed by atoms with Crippen molar-refractivity contribution in [3.8, 4) is 0 Å². The average molecular weight is 495 g/mol. The van der Waals surface area contributed by atoms with E-state index < -0.39 is 10.0 Å². The first kappa shape index (κ1) is 23.1. The van der Waals surface area contributed by atoms with Crippen LogP contribution in [0.1, 0.15) is 30.9 Å². The van der Waals surface area contributed by atoms with E-state index in [-0.39, 0.29) is 36.3 Å². The van der Waals surface area contributed by atoms with Crippen LogP contribution in [0.15, 0.2) is 29.3 Å². The van der Waals surface area contributed by atoms with Crippen molar-refractivity contribution in [2.75, 3.05) is 31.9 Å². The minimum absolute atomic E-state index is 0. The summed E-state index contributed by atoms with van der Waals surface area (Å²) in [6.45, 7) is 6.85. The molecule has 0 bridgehead atoms. The SMILES string of the molecule is CCNC(=NCc1ccc(CN2CCCC2)cc1)NCCS(N)(=O)=O.I. The number of rotatable bonds is 8. The molecule has 4 N–H and O–H groups in total. The van der Waals surface area contributed by atoms with Crippen LogP contribution in [0.3, 0.4) is 0 Å². The third-order valence-electron chi connectivity index (χ3n) is 4.07. The number of hydrogen-bond donors (Lipinski definition) is 3. The normalized spacial score (nSPS) is 15.5. The number of likely N-dealkylation sites (tertiary alicyclic amines) is 1. The van der Waals surface area contributed by atoms with Crippen LogP contribution < -0.4 is 15.8 Å². The molecule has 1 fully saturated rings. The molecule has 26 heavy (non-hydrogen) atoms. The summed E-state index contributed by atoms with van der Waals surface area (Å²) in [5.41, 5.74) is 2.45. The molecule has 0 radical (unpaired) electrons. The van der Waals surface area contributed by atoms with Gasteiger partial charge in [0.05, 0.1) is 12.3 Å². The molecule has 1 aromatic carbocycles. The molecule has 1 saturated heterocycles. The molecule has 0 atom stereocenters. The summed E-state index contributed by atoms with van der Waals surface area (Å²) in [7, 11) is -3.47. The van der Waals surface area contributed by atoms with Gasteiger partial charge in [0, 0.05) is 19.6 Å². The fourth-order valence-electron chi connectivity index (χ4n) is 2.77. The highest BCUT2D eigenvalue weighted by atomic mass is 127. The molecule has 0 spiro atoms. The van der Waals surface area contributed by atoms with Crippen LogP contribution in [0.2, 0.25) is 0 Å². The van der Waals surface area contributed by atoms with E-state index in [1.54, 1.807) is 0 Å². The van der Waals surface area contributed by atoms with Gasteiger partial charge in [-0.05, 0) is 44.0 Å². The highest BCUT2D eigenvalue weighted by Gasteiger charge is 2.11. The van der Waals surface area contributed by atoms with Crippen LogP contribution in [0, 0.1) is 0 Å². The first-order valence-electron chi connectivity index (χ1n) is 8.79. The van der Waals surface area contributed by atoms with Crippen LogP contribution in [0.5, 0.6) is 0 Å². The summed E-state index contributed by atoms with van der Waals surface area (Å²) in [6.07, 6.45) is 2.61. The summed E-state index contributed by atoms with van der Waals surface area (Å²) in [5, 5.41) is 11.1. The Morgan fingerprint density at radius 1 is 1.15 bits per heavy atom. The van der Waals surface area contributed by atoms with Gasteiger partial charge in [-0.1, -0.05) is 24.3 Å². The molecule has 148 valence electrons. The quantitative estimate of drug-likeness (QED) is 0.287. The lowest BCUT2D eigenvalue weighted by atomic mass is 10.1. The Morgan fingerprint density at radius 2 is 1.77 bits per heavy atom. The largest absolute Gasteiger partial charge is 0.357 e. The maximum absolute atomic E-state index is 11.0. The monoisotopic (exact) mass is 495 g/mol. The van der Waals surface area contributed by atoms with Crippen molar-refractivity contribution in [2.24, 2.45) is 10.1 Å². The van der Waals surface area contributed by atoms with E-state index in [9.17, 15) is 8.42 Å². The zero-order valence-corrected chi connectivity index (χ0v) is 18.4. The van der Waals surface area contributed by atoms with Crippen molar-refractivity contribution >= 4 is 40.0 Å². The fourth-order valence-corrected chi connectivity index (χ4v) is 3.16. The first-order chi connectivity index (χ1) is 12.0. The number of nitrogens with zero attached hydrogens (tertiary/aromatic N) is 2. The lowest BCUT2D eigenvalue weighted by Gasteiger charge is -2.14. The van der Waals surface area contributed by atoms with Gasteiger partial charge in [-0.15, -0.1) is 24.0 Å². The maximum atomic E-state index is 11.0. The Balaban J connectivity index is 0.00000338. The molecule has 9 heteroatoms. The number of benzene rings is 1. The van der Waals surface area contributed by atoms with Crippen LogP contribution in [-0.2, 0) is 23.1 Å². The van der Waals surface area contributed by atoms with Gasteiger partial charge in [0.25, 0.3) is 0 Å². The number of sulfonamides is 1. The van der Waals surface area contributed by atoms with Crippen molar-refractivity contribution in [3.05, 3.63) is 35.4 Å². The van der Waals surface area contributed by atoms with Gasteiger partial charge >= 0.3 is 0 Å². The van der Waals surface area contributed by atoms with Crippen molar-refractivity contribution in [3.63, 3.8) is 0 Å². The van der Waals surface area contributed by atoms with Crippen LogP contribution in [-0.4, -0.2) is 51.2 Å². The summed E-state index contributed by atoms with van der Waals surface area (Å²) >= 11 is 0. The number of nitrogens with one attached hydrogen (secondary N) is 2. The van der Waals surface area contributed by atoms with E-state index in [1.807, 2.05) is 6.92 Å². The summed E-state index contributed by atoms with van der Waals surface area (Å²) in [5.74, 6) is 0.468. The number of nitrogens with two attached hydrogens (primary N) is 1. The molecule has 0 saturated carbocycles. The third kappa shape index (κ3) is 9.15. The molecule has 1 aromatic rings. The number of guanidine groups is 1. The Hall–Kier alpha value is -0.910. The second kappa shape index (κ2) is 11.7. The minimum atomic E-state index is -3.47. The Kier molecular flexibility index (Phi) is 10.4. The Bertz CT molecular complexity index is 658. The summed E-state index contributed by atoms with van der Waals surface area (Å²) < 4.78 is 22.0. The van der Waals surface area contributed by atoms with Crippen molar-refractivity contribution < 1.29 is 8.42 Å². The van der Waals surface area contributed by atoms with Crippen LogP contribution in [0.25, 0.3) is 0 Å². The number of primary sulfonamides is 1. The predicted octanol–water partition coefficient (Wildman–Crippen LogP) is 1.24. The smallest absolute Gasteiger partial charge is 0.210 e. The molecule has 1 aliphatic heterocycles. The molecule has 2 rings (SSSR count). The predicted molar refractivity (Wildman–Crippen MR) is 117 cm³/mol. The highest BCUT2D eigenvalue weighted by molar-refractivity contribution is 14.0. The molecule has 0 aliphatic carbocycles. The van der Waals surface area contributed by atoms with Crippen LogP contribution in [0.4, 0.5) is 0 Å². The van der Waals surface area contributed by atoms with E-state index in [4.69, 9.17) is 5.14 Å². The highest BCUT2D eigenvalue weighted by Crippen LogP contribution is 2.13. The van der Waals surface area contributed by atoms with Gasteiger partial charge in [-0.3, -0.25) is 4.90 Å². The third-order valence-corrected chi connectivity index (χ3v) is 4.84. The Morgan fingerprint density at radius 3 is 2.35 bits per heavy atom. The minimum Gasteiger partial charge on any atom is -0.357 e.